The van der Waals surface area contributed by atoms with Crippen molar-refractivity contribution in [1.29, 1.82) is 0 Å². The van der Waals surface area contributed by atoms with Crippen molar-refractivity contribution in [3.05, 3.63) is 18.5 Å². The molecule has 1 aliphatic rings. The van der Waals surface area contributed by atoms with Crippen molar-refractivity contribution in [3.8, 4) is 0 Å². The summed E-state index contributed by atoms with van der Waals surface area (Å²) in [4.78, 5) is 4.04. The van der Waals surface area contributed by atoms with Gasteiger partial charge in [0.15, 0.2) is 0 Å². The molecule has 0 unspecified atom stereocenters. The van der Waals surface area contributed by atoms with E-state index in [1.165, 1.54) is 12.4 Å². The zero-order valence-corrected chi connectivity index (χ0v) is 11.9. The first-order chi connectivity index (χ1) is 9.09. The maximum atomic E-state index is 12.7. The van der Waals surface area contributed by atoms with Gasteiger partial charge in [-0.2, -0.15) is 4.31 Å². The van der Waals surface area contributed by atoms with Crippen LogP contribution in [0, 0.1) is 5.92 Å². The zero-order valence-electron chi connectivity index (χ0n) is 11.0. The lowest BCUT2D eigenvalue weighted by atomic mass is 10.4. The van der Waals surface area contributed by atoms with Crippen molar-refractivity contribution < 1.29 is 8.42 Å². The highest BCUT2D eigenvalue weighted by atomic mass is 32.2. The Morgan fingerprint density at radius 1 is 1.53 bits per heavy atom. The molecule has 2 rings (SSSR count). The van der Waals surface area contributed by atoms with E-state index in [4.69, 9.17) is 5.84 Å². The molecule has 0 aromatic carbocycles. The molecule has 0 aliphatic heterocycles. The molecule has 0 saturated heterocycles. The summed E-state index contributed by atoms with van der Waals surface area (Å²) in [5.74, 6) is 5.88. The van der Waals surface area contributed by atoms with Gasteiger partial charge in [-0.15, -0.1) is 0 Å². The highest BCUT2D eigenvalue weighted by Gasteiger charge is 2.32. The number of hydrogen-bond donors (Lipinski definition) is 2. The van der Waals surface area contributed by atoms with Gasteiger partial charge in [-0.3, -0.25) is 10.8 Å². The summed E-state index contributed by atoms with van der Waals surface area (Å²) in [6, 6.07) is 1.56. The Bertz CT molecular complexity index is 528. The van der Waals surface area contributed by atoms with Gasteiger partial charge in [0.25, 0.3) is 0 Å². The molecule has 1 fully saturated rings. The van der Waals surface area contributed by atoms with Gasteiger partial charge in [0.1, 0.15) is 4.90 Å². The number of nitrogens with zero attached hydrogens (tertiary/aromatic N) is 2. The van der Waals surface area contributed by atoms with E-state index >= 15 is 0 Å². The third-order valence-electron chi connectivity index (χ3n) is 3.19. The number of pyridine rings is 1. The first kappa shape index (κ1) is 14.2. The Kier molecular flexibility index (Phi) is 4.38. The van der Waals surface area contributed by atoms with E-state index in [1.54, 1.807) is 10.4 Å². The van der Waals surface area contributed by atoms with Crippen LogP contribution < -0.4 is 11.3 Å². The lowest BCUT2D eigenvalue weighted by Gasteiger charge is -2.22. The lowest BCUT2D eigenvalue weighted by molar-refractivity contribution is 0.395. The standard InChI is InChI=1S/C12H20N4O2S/c1-2-7-16(9-10-3-4-10)19(17,18)12-8-14-6-5-11(12)15-13/h5-6,8,10H,2-4,7,9,13H2,1H3,(H,14,15). The molecule has 1 aliphatic carbocycles. The van der Waals surface area contributed by atoms with E-state index in [-0.39, 0.29) is 4.90 Å². The largest absolute Gasteiger partial charge is 0.323 e. The van der Waals surface area contributed by atoms with Gasteiger partial charge in [0, 0.05) is 25.5 Å². The van der Waals surface area contributed by atoms with Gasteiger partial charge < -0.3 is 5.43 Å². The van der Waals surface area contributed by atoms with Crippen LogP contribution in [0.2, 0.25) is 0 Å². The first-order valence-electron chi connectivity index (χ1n) is 6.50. The average molecular weight is 284 g/mol. The lowest BCUT2D eigenvalue weighted by Crippen LogP contribution is -2.34. The first-order valence-corrected chi connectivity index (χ1v) is 7.94. The predicted octanol–water partition coefficient (Wildman–Crippen LogP) is 1.18. The molecule has 0 bridgehead atoms. The van der Waals surface area contributed by atoms with Crippen molar-refractivity contribution in [2.45, 2.75) is 31.1 Å². The third kappa shape index (κ3) is 3.23. The molecule has 0 amide bonds. The van der Waals surface area contributed by atoms with E-state index < -0.39 is 10.0 Å². The van der Waals surface area contributed by atoms with Crippen LogP contribution >= 0.6 is 0 Å². The van der Waals surface area contributed by atoms with Crippen LogP contribution in [-0.2, 0) is 10.0 Å². The fourth-order valence-corrected chi connectivity index (χ4v) is 3.70. The Morgan fingerprint density at radius 3 is 2.84 bits per heavy atom. The number of nitrogens with one attached hydrogen (secondary N) is 1. The van der Waals surface area contributed by atoms with Crippen LogP contribution in [0.15, 0.2) is 23.4 Å². The Balaban J connectivity index is 2.31. The quantitative estimate of drug-likeness (QED) is 0.580. The maximum absolute atomic E-state index is 12.7. The molecule has 3 N–H and O–H groups in total. The van der Waals surface area contributed by atoms with Gasteiger partial charge in [-0.1, -0.05) is 6.92 Å². The maximum Gasteiger partial charge on any atom is 0.246 e. The van der Waals surface area contributed by atoms with Crippen molar-refractivity contribution >= 4 is 15.7 Å². The Morgan fingerprint density at radius 2 is 2.26 bits per heavy atom. The van der Waals surface area contributed by atoms with Crippen molar-refractivity contribution in [3.63, 3.8) is 0 Å². The van der Waals surface area contributed by atoms with Crippen molar-refractivity contribution in [2.24, 2.45) is 11.8 Å². The minimum absolute atomic E-state index is 0.145. The van der Waals surface area contributed by atoms with Crippen LogP contribution in [0.4, 0.5) is 5.69 Å². The second-order valence-corrected chi connectivity index (χ2v) is 6.73. The number of anilines is 1. The summed E-state index contributed by atoms with van der Waals surface area (Å²) in [5, 5.41) is 0. The summed E-state index contributed by atoms with van der Waals surface area (Å²) in [6.45, 7) is 3.09. The number of hydrazine groups is 1. The SMILES string of the molecule is CCCN(CC1CC1)S(=O)(=O)c1cnccc1NN. The van der Waals surface area contributed by atoms with Crippen molar-refractivity contribution in [2.75, 3.05) is 18.5 Å². The normalized spacial score (nSPS) is 15.7. The van der Waals surface area contributed by atoms with Crippen LogP contribution in [0.3, 0.4) is 0 Å². The zero-order chi connectivity index (χ0) is 13.9. The number of nitrogen functional groups attached to an aromatic ring is 1. The molecule has 19 heavy (non-hydrogen) atoms. The monoisotopic (exact) mass is 284 g/mol. The third-order valence-corrected chi connectivity index (χ3v) is 5.08. The summed E-state index contributed by atoms with van der Waals surface area (Å²) < 4.78 is 26.9. The van der Waals surface area contributed by atoms with Crippen molar-refractivity contribution in [1.82, 2.24) is 9.29 Å². The van der Waals surface area contributed by atoms with E-state index in [9.17, 15) is 8.42 Å². The minimum atomic E-state index is -3.53. The second kappa shape index (κ2) is 5.85. The summed E-state index contributed by atoms with van der Waals surface area (Å²) in [5.41, 5.74) is 2.80. The highest BCUT2D eigenvalue weighted by molar-refractivity contribution is 7.89. The molecule has 0 radical (unpaired) electrons. The molecule has 6 nitrogen and oxygen atoms in total. The Labute approximate surface area is 114 Å². The van der Waals surface area contributed by atoms with Gasteiger partial charge in [-0.05, 0) is 31.2 Å². The molecule has 1 aromatic heterocycles. The molecular formula is C12H20N4O2S. The number of rotatable bonds is 7. The van der Waals surface area contributed by atoms with Crippen LogP contribution in [0.5, 0.6) is 0 Å². The molecule has 106 valence electrons. The molecule has 1 saturated carbocycles. The fourth-order valence-electron chi connectivity index (χ4n) is 1.99. The minimum Gasteiger partial charge on any atom is -0.323 e. The van der Waals surface area contributed by atoms with Gasteiger partial charge >= 0.3 is 0 Å². The molecule has 1 aromatic rings. The van der Waals surface area contributed by atoms with Crippen LogP contribution in [0.1, 0.15) is 26.2 Å². The number of nitrogens with two attached hydrogens (primary N) is 1. The molecule has 1 heterocycles. The van der Waals surface area contributed by atoms with E-state index in [2.05, 4.69) is 10.4 Å². The second-order valence-electron chi connectivity index (χ2n) is 4.82. The fraction of sp³-hybridized carbons (Fsp3) is 0.583. The topological polar surface area (TPSA) is 88.3 Å². The number of sulfonamides is 1. The smallest absolute Gasteiger partial charge is 0.246 e. The molecule has 7 heteroatoms. The van der Waals surface area contributed by atoms with E-state index in [1.807, 2.05) is 6.92 Å². The van der Waals surface area contributed by atoms with Crippen LogP contribution in [-0.4, -0.2) is 30.8 Å². The van der Waals surface area contributed by atoms with E-state index in [0.29, 0.717) is 24.7 Å². The molecule has 0 atom stereocenters. The Hall–Kier alpha value is -1.18. The van der Waals surface area contributed by atoms with E-state index in [0.717, 1.165) is 19.3 Å². The summed E-state index contributed by atoms with van der Waals surface area (Å²) in [7, 11) is -3.53. The van der Waals surface area contributed by atoms with Crippen LogP contribution in [0.25, 0.3) is 0 Å². The van der Waals surface area contributed by atoms with Gasteiger partial charge in [-0.25, -0.2) is 8.42 Å². The molecule has 0 spiro atoms. The summed E-state index contributed by atoms with van der Waals surface area (Å²) in [6.07, 6.45) is 5.88. The van der Waals surface area contributed by atoms with Gasteiger partial charge in [0.2, 0.25) is 10.0 Å². The number of aromatic nitrogens is 1. The average Bonchev–Trinajstić information content (AvgIpc) is 3.22. The summed E-state index contributed by atoms with van der Waals surface area (Å²) >= 11 is 0. The molecular weight excluding hydrogens is 264 g/mol. The predicted molar refractivity (Wildman–Crippen MR) is 73.8 cm³/mol. The van der Waals surface area contributed by atoms with Gasteiger partial charge in [0.05, 0.1) is 5.69 Å². The highest BCUT2D eigenvalue weighted by Crippen LogP contribution is 2.32. The number of hydrogen-bond acceptors (Lipinski definition) is 5.